The van der Waals surface area contributed by atoms with Crippen molar-refractivity contribution >= 4 is 24.3 Å². The Morgan fingerprint density at radius 3 is 2.74 bits per heavy atom. The second-order valence-electron chi connectivity index (χ2n) is 4.20. The summed E-state index contributed by atoms with van der Waals surface area (Å²) in [5.74, 6) is -0.616. The number of benzene rings is 1. The summed E-state index contributed by atoms with van der Waals surface area (Å²) in [6.07, 6.45) is 0.642. The van der Waals surface area contributed by atoms with Gasteiger partial charge in [0.15, 0.2) is 0 Å². The van der Waals surface area contributed by atoms with Crippen LogP contribution in [0.25, 0.3) is 0 Å². The third-order valence-electron chi connectivity index (χ3n) is 3.03. The van der Waals surface area contributed by atoms with E-state index in [1.807, 2.05) is 24.3 Å². The van der Waals surface area contributed by atoms with Crippen LogP contribution in [0.15, 0.2) is 24.3 Å². The minimum atomic E-state index is -0.445. The van der Waals surface area contributed by atoms with Crippen LogP contribution in [0.1, 0.15) is 11.1 Å². The molecule has 5 nitrogen and oxygen atoms in total. The second-order valence-corrected chi connectivity index (χ2v) is 4.20. The average Bonchev–Trinajstić information content (AvgIpc) is 2.43. The van der Waals surface area contributed by atoms with Crippen LogP contribution in [0.4, 0.5) is 0 Å². The lowest BCUT2D eigenvalue weighted by atomic mass is 9.95. The molecular formula is C13H17ClN2O3. The van der Waals surface area contributed by atoms with Gasteiger partial charge in [-0.2, -0.15) is 0 Å². The number of hydrogen-bond acceptors (Lipinski definition) is 4. The number of hydrogen-bond donors (Lipinski definition) is 2. The summed E-state index contributed by atoms with van der Waals surface area (Å²) in [7, 11) is 1.30. The summed E-state index contributed by atoms with van der Waals surface area (Å²) in [6, 6.07) is 7.73. The van der Waals surface area contributed by atoms with E-state index in [4.69, 9.17) is 0 Å². The summed E-state index contributed by atoms with van der Waals surface area (Å²) in [5.41, 5.74) is 2.39. The van der Waals surface area contributed by atoms with Gasteiger partial charge in [-0.25, -0.2) is 0 Å². The molecule has 0 aliphatic carbocycles. The van der Waals surface area contributed by atoms with Crippen LogP contribution < -0.4 is 10.6 Å². The fourth-order valence-corrected chi connectivity index (χ4v) is 1.99. The number of methoxy groups -OCH3 is 1. The molecule has 0 fully saturated rings. The van der Waals surface area contributed by atoms with Gasteiger partial charge in [0.05, 0.1) is 13.2 Å². The Morgan fingerprint density at radius 2 is 2.05 bits per heavy atom. The molecule has 2 N–H and O–H groups in total. The molecule has 1 atom stereocenters. The van der Waals surface area contributed by atoms with Crippen LogP contribution >= 0.6 is 12.4 Å². The molecule has 1 aliphatic rings. The molecule has 0 aromatic heterocycles. The monoisotopic (exact) mass is 284 g/mol. The van der Waals surface area contributed by atoms with Crippen molar-refractivity contribution in [2.45, 2.75) is 19.0 Å². The van der Waals surface area contributed by atoms with E-state index in [0.29, 0.717) is 13.0 Å². The second kappa shape index (κ2) is 7.11. The van der Waals surface area contributed by atoms with Gasteiger partial charge in [0.25, 0.3) is 0 Å². The van der Waals surface area contributed by atoms with Crippen molar-refractivity contribution in [1.82, 2.24) is 10.6 Å². The van der Waals surface area contributed by atoms with Gasteiger partial charge in [-0.1, -0.05) is 24.3 Å². The minimum Gasteiger partial charge on any atom is -0.468 e. The number of rotatable bonds is 3. The molecule has 0 saturated heterocycles. The molecule has 1 aromatic carbocycles. The zero-order valence-electron chi connectivity index (χ0n) is 10.6. The number of fused-ring (bicyclic) bond motifs is 1. The molecule has 0 bridgehead atoms. The van der Waals surface area contributed by atoms with Crippen LogP contribution in [0, 0.1) is 0 Å². The van der Waals surface area contributed by atoms with Crippen molar-refractivity contribution in [3.8, 4) is 0 Å². The normalized spacial score (nSPS) is 16.8. The molecular weight excluding hydrogens is 268 g/mol. The van der Waals surface area contributed by atoms with Crippen LogP contribution in [0.3, 0.4) is 0 Å². The van der Waals surface area contributed by atoms with Crippen LogP contribution in [0.5, 0.6) is 0 Å². The van der Waals surface area contributed by atoms with Gasteiger partial charge in [0.2, 0.25) is 5.91 Å². The van der Waals surface area contributed by atoms with Crippen molar-refractivity contribution in [2.24, 2.45) is 0 Å². The third kappa shape index (κ3) is 3.94. The summed E-state index contributed by atoms with van der Waals surface area (Å²) in [5, 5.41) is 5.71. The van der Waals surface area contributed by atoms with E-state index in [1.54, 1.807) is 0 Å². The maximum absolute atomic E-state index is 11.8. The molecule has 0 unspecified atom stereocenters. The topological polar surface area (TPSA) is 67.4 Å². The summed E-state index contributed by atoms with van der Waals surface area (Å²) in [4.78, 5) is 22.8. The van der Waals surface area contributed by atoms with Gasteiger partial charge < -0.3 is 15.4 Å². The van der Waals surface area contributed by atoms with Crippen molar-refractivity contribution in [1.29, 1.82) is 0 Å². The van der Waals surface area contributed by atoms with E-state index in [-0.39, 0.29) is 30.9 Å². The highest BCUT2D eigenvalue weighted by molar-refractivity contribution is 5.86. The van der Waals surface area contributed by atoms with Crippen LogP contribution in [0.2, 0.25) is 0 Å². The minimum absolute atomic E-state index is 0. The van der Waals surface area contributed by atoms with Gasteiger partial charge >= 0.3 is 5.97 Å². The zero-order valence-corrected chi connectivity index (χ0v) is 11.5. The van der Waals surface area contributed by atoms with E-state index in [0.717, 1.165) is 0 Å². The smallest absolute Gasteiger partial charge is 0.325 e. The van der Waals surface area contributed by atoms with Crippen molar-refractivity contribution in [3.05, 3.63) is 35.4 Å². The number of ether oxygens (including phenoxy) is 1. The fraction of sp³-hybridized carbons (Fsp3) is 0.385. The van der Waals surface area contributed by atoms with E-state index in [1.165, 1.54) is 18.2 Å². The van der Waals surface area contributed by atoms with E-state index in [2.05, 4.69) is 15.4 Å². The first-order chi connectivity index (χ1) is 8.70. The van der Waals surface area contributed by atoms with Crippen LogP contribution in [-0.2, 0) is 27.3 Å². The Labute approximate surface area is 118 Å². The van der Waals surface area contributed by atoms with Crippen molar-refractivity contribution < 1.29 is 14.3 Å². The SMILES string of the molecule is COC(=O)CNC(=O)[C@H]1Cc2ccccc2CN1.Cl. The molecule has 0 radical (unpaired) electrons. The number of carbonyl (C=O) groups excluding carboxylic acids is 2. The lowest BCUT2D eigenvalue weighted by Gasteiger charge is -2.25. The number of halogens is 1. The number of esters is 1. The number of nitrogens with one attached hydrogen (secondary N) is 2. The molecule has 1 amide bonds. The van der Waals surface area contributed by atoms with Crippen molar-refractivity contribution in [3.63, 3.8) is 0 Å². The predicted molar refractivity (Wildman–Crippen MR) is 73.0 cm³/mol. The van der Waals surface area contributed by atoms with Gasteiger partial charge in [-0.3, -0.25) is 9.59 Å². The first kappa shape index (κ1) is 15.5. The molecule has 1 aromatic rings. The molecule has 0 spiro atoms. The molecule has 2 rings (SSSR count). The average molecular weight is 285 g/mol. The largest absolute Gasteiger partial charge is 0.468 e. The Kier molecular flexibility index (Phi) is 5.79. The van der Waals surface area contributed by atoms with E-state index in [9.17, 15) is 9.59 Å². The Morgan fingerprint density at radius 1 is 1.37 bits per heavy atom. The number of carbonyl (C=O) groups is 2. The van der Waals surface area contributed by atoms with Crippen LogP contribution in [-0.4, -0.2) is 31.6 Å². The standard InChI is InChI=1S/C13H16N2O3.ClH/c1-18-12(16)8-15-13(17)11-6-9-4-2-3-5-10(9)7-14-11;/h2-5,11,14H,6-8H2,1H3,(H,15,17);1H/t11-;/m1./s1. The first-order valence-corrected chi connectivity index (χ1v) is 5.85. The van der Waals surface area contributed by atoms with Gasteiger partial charge in [0, 0.05) is 6.54 Å². The summed E-state index contributed by atoms with van der Waals surface area (Å²) >= 11 is 0. The fourth-order valence-electron chi connectivity index (χ4n) is 1.99. The summed E-state index contributed by atoms with van der Waals surface area (Å²) < 4.78 is 4.47. The Hall–Kier alpha value is -1.59. The Bertz CT molecular complexity index is 465. The van der Waals surface area contributed by atoms with E-state index < -0.39 is 5.97 Å². The highest BCUT2D eigenvalue weighted by Gasteiger charge is 2.23. The maximum Gasteiger partial charge on any atom is 0.325 e. The summed E-state index contributed by atoms with van der Waals surface area (Å²) in [6.45, 7) is 0.585. The molecule has 19 heavy (non-hydrogen) atoms. The lowest BCUT2D eigenvalue weighted by molar-refractivity contribution is -0.141. The van der Waals surface area contributed by atoms with Gasteiger partial charge in [-0.05, 0) is 17.5 Å². The highest BCUT2D eigenvalue weighted by atomic mass is 35.5. The molecule has 1 aliphatic heterocycles. The number of amides is 1. The molecule has 1 heterocycles. The quantitative estimate of drug-likeness (QED) is 0.789. The lowest BCUT2D eigenvalue weighted by Crippen LogP contribution is -2.48. The predicted octanol–water partition coefficient (Wildman–Crippen LogP) is 0.412. The maximum atomic E-state index is 11.8. The Balaban J connectivity index is 0.00000180. The highest BCUT2D eigenvalue weighted by Crippen LogP contribution is 2.16. The first-order valence-electron chi connectivity index (χ1n) is 5.85. The van der Waals surface area contributed by atoms with Gasteiger partial charge in [0.1, 0.15) is 6.54 Å². The van der Waals surface area contributed by atoms with E-state index >= 15 is 0 Å². The third-order valence-corrected chi connectivity index (χ3v) is 3.03. The van der Waals surface area contributed by atoms with Crippen molar-refractivity contribution in [2.75, 3.05) is 13.7 Å². The molecule has 104 valence electrons. The molecule has 0 saturated carbocycles. The van der Waals surface area contributed by atoms with Gasteiger partial charge in [-0.15, -0.1) is 12.4 Å². The zero-order chi connectivity index (χ0) is 13.0. The molecule has 6 heteroatoms.